The SMILES string of the molecule is Cc1ccc(C)c(N2CCN(S(=O)(=O)c3ccsc3C(=O)Nc3cccc(F)c3)CC2)c1. The van der Waals surface area contributed by atoms with Crippen LogP contribution in [0.1, 0.15) is 20.8 Å². The molecule has 1 fully saturated rings. The van der Waals surface area contributed by atoms with E-state index < -0.39 is 21.7 Å². The van der Waals surface area contributed by atoms with Gasteiger partial charge in [0.05, 0.1) is 0 Å². The van der Waals surface area contributed by atoms with Crippen molar-refractivity contribution >= 4 is 38.6 Å². The summed E-state index contributed by atoms with van der Waals surface area (Å²) in [7, 11) is -3.84. The minimum absolute atomic E-state index is 0.0170. The van der Waals surface area contributed by atoms with E-state index in [4.69, 9.17) is 0 Å². The number of thiophene rings is 1. The van der Waals surface area contributed by atoms with Crippen LogP contribution in [0.4, 0.5) is 15.8 Å². The number of carbonyl (C=O) groups is 1. The first-order valence-electron chi connectivity index (χ1n) is 10.2. The molecule has 1 amide bonds. The van der Waals surface area contributed by atoms with Gasteiger partial charge in [-0.2, -0.15) is 4.31 Å². The molecular formula is C23H24FN3O3S2. The Balaban J connectivity index is 1.50. The number of sulfonamides is 1. The number of hydrogen-bond donors (Lipinski definition) is 1. The summed E-state index contributed by atoms with van der Waals surface area (Å²) in [5.41, 5.74) is 3.70. The Bertz CT molecular complexity index is 1250. The fraction of sp³-hybridized carbons (Fsp3) is 0.261. The Kier molecular flexibility index (Phi) is 6.32. The fourth-order valence-electron chi connectivity index (χ4n) is 3.79. The first kappa shape index (κ1) is 22.4. The number of hydrogen-bond acceptors (Lipinski definition) is 5. The predicted molar refractivity (Wildman–Crippen MR) is 126 cm³/mol. The number of halogens is 1. The average Bonchev–Trinajstić information content (AvgIpc) is 3.27. The highest BCUT2D eigenvalue weighted by atomic mass is 32.2. The van der Waals surface area contributed by atoms with Crippen LogP contribution in [-0.4, -0.2) is 44.8 Å². The van der Waals surface area contributed by atoms with Crippen LogP contribution in [-0.2, 0) is 10.0 Å². The van der Waals surface area contributed by atoms with Crippen LogP contribution in [0.2, 0.25) is 0 Å². The molecule has 0 saturated carbocycles. The van der Waals surface area contributed by atoms with Crippen LogP contribution in [0.15, 0.2) is 58.8 Å². The molecule has 1 saturated heterocycles. The molecule has 0 radical (unpaired) electrons. The van der Waals surface area contributed by atoms with Gasteiger partial charge in [-0.3, -0.25) is 4.79 Å². The fourth-order valence-corrected chi connectivity index (χ4v) is 6.51. The van der Waals surface area contributed by atoms with Gasteiger partial charge in [-0.25, -0.2) is 12.8 Å². The Hall–Kier alpha value is -2.75. The van der Waals surface area contributed by atoms with Gasteiger partial charge in [-0.1, -0.05) is 18.2 Å². The lowest BCUT2D eigenvalue weighted by Crippen LogP contribution is -2.49. The van der Waals surface area contributed by atoms with Crippen LogP contribution in [0.3, 0.4) is 0 Å². The van der Waals surface area contributed by atoms with E-state index in [2.05, 4.69) is 28.4 Å². The van der Waals surface area contributed by atoms with Crippen molar-refractivity contribution in [1.82, 2.24) is 4.31 Å². The van der Waals surface area contributed by atoms with Crippen LogP contribution < -0.4 is 10.2 Å². The van der Waals surface area contributed by atoms with E-state index in [0.717, 1.165) is 28.2 Å². The molecule has 1 aliphatic rings. The van der Waals surface area contributed by atoms with Gasteiger partial charge in [0.1, 0.15) is 15.6 Å². The monoisotopic (exact) mass is 473 g/mol. The highest BCUT2D eigenvalue weighted by molar-refractivity contribution is 7.89. The molecule has 1 aliphatic heterocycles. The number of aryl methyl sites for hydroxylation is 2. The number of nitrogens with one attached hydrogen (secondary N) is 1. The minimum atomic E-state index is -3.84. The smallest absolute Gasteiger partial charge is 0.267 e. The van der Waals surface area contributed by atoms with E-state index in [1.54, 1.807) is 11.4 Å². The molecule has 2 heterocycles. The Morgan fingerprint density at radius 1 is 1.03 bits per heavy atom. The summed E-state index contributed by atoms with van der Waals surface area (Å²) in [5.74, 6) is -1.05. The molecule has 9 heteroatoms. The van der Waals surface area contributed by atoms with Crippen molar-refractivity contribution in [1.29, 1.82) is 0 Å². The maximum absolute atomic E-state index is 13.4. The first-order valence-corrected chi connectivity index (χ1v) is 12.5. The Morgan fingerprint density at radius 2 is 1.78 bits per heavy atom. The van der Waals surface area contributed by atoms with Crippen molar-refractivity contribution < 1.29 is 17.6 Å². The van der Waals surface area contributed by atoms with Crippen molar-refractivity contribution in [3.8, 4) is 0 Å². The normalized spacial score (nSPS) is 15.0. The zero-order chi connectivity index (χ0) is 22.9. The summed E-state index contributed by atoms with van der Waals surface area (Å²) in [4.78, 5) is 15.0. The largest absolute Gasteiger partial charge is 0.369 e. The lowest BCUT2D eigenvalue weighted by Gasteiger charge is -2.36. The quantitative estimate of drug-likeness (QED) is 0.601. The van der Waals surface area contributed by atoms with E-state index in [9.17, 15) is 17.6 Å². The average molecular weight is 474 g/mol. The summed E-state index contributed by atoms with van der Waals surface area (Å²) < 4.78 is 41.5. The highest BCUT2D eigenvalue weighted by Crippen LogP contribution is 2.29. The lowest BCUT2D eigenvalue weighted by atomic mass is 10.1. The number of nitrogens with zero attached hydrogens (tertiary/aromatic N) is 2. The van der Waals surface area contributed by atoms with E-state index in [1.165, 1.54) is 28.6 Å². The lowest BCUT2D eigenvalue weighted by molar-refractivity contribution is 0.102. The van der Waals surface area contributed by atoms with Gasteiger partial charge in [0, 0.05) is 37.6 Å². The number of carbonyl (C=O) groups excluding carboxylic acids is 1. The molecule has 6 nitrogen and oxygen atoms in total. The number of amides is 1. The molecule has 0 unspecified atom stereocenters. The summed E-state index contributed by atoms with van der Waals surface area (Å²) in [6, 6.07) is 13.2. The third-order valence-electron chi connectivity index (χ3n) is 5.48. The van der Waals surface area contributed by atoms with Gasteiger partial charge >= 0.3 is 0 Å². The maximum atomic E-state index is 13.4. The highest BCUT2D eigenvalue weighted by Gasteiger charge is 2.33. The predicted octanol–water partition coefficient (Wildman–Crippen LogP) is 4.27. The van der Waals surface area contributed by atoms with Crippen molar-refractivity contribution in [2.45, 2.75) is 18.7 Å². The molecule has 3 aromatic rings. The van der Waals surface area contributed by atoms with Gasteiger partial charge in [0.25, 0.3) is 5.91 Å². The molecule has 2 aromatic carbocycles. The zero-order valence-electron chi connectivity index (χ0n) is 17.8. The van der Waals surface area contributed by atoms with Gasteiger partial charge in [-0.05, 0) is 60.7 Å². The zero-order valence-corrected chi connectivity index (χ0v) is 19.5. The van der Waals surface area contributed by atoms with Crippen molar-refractivity contribution in [2.24, 2.45) is 0 Å². The van der Waals surface area contributed by atoms with Crippen molar-refractivity contribution in [3.05, 3.63) is 75.7 Å². The molecule has 4 rings (SSSR count). The molecule has 0 aliphatic carbocycles. The molecule has 168 valence electrons. The maximum Gasteiger partial charge on any atom is 0.267 e. The molecule has 1 N–H and O–H groups in total. The summed E-state index contributed by atoms with van der Waals surface area (Å²) >= 11 is 1.05. The third-order valence-corrected chi connectivity index (χ3v) is 8.46. The Morgan fingerprint density at radius 3 is 2.50 bits per heavy atom. The van der Waals surface area contributed by atoms with E-state index in [-0.39, 0.29) is 15.5 Å². The number of anilines is 2. The van der Waals surface area contributed by atoms with Crippen LogP contribution in [0.5, 0.6) is 0 Å². The summed E-state index contributed by atoms with van der Waals surface area (Å²) in [6.07, 6.45) is 0. The topological polar surface area (TPSA) is 69.7 Å². The van der Waals surface area contributed by atoms with E-state index >= 15 is 0 Å². The first-order chi connectivity index (χ1) is 15.3. The minimum Gasteiger partial charge on any atom is -0.369 e. The van der Waals surface area contributed by atoms with E-state index in [0.29, 0.717) is 26.2 Å². The molecular weight excluding hydrogens is 449 g/mol. The number of piperazine rings is 1. The summed E-state index contributed by atoms with van der Waals surface area (Å²) in [6.45, 7) is 5.88. The molecule has 0 atom stereocenters. The van der Waals surface area contributed by atoms with Crippen LogP contribution in [0.25, 0.3) is 0 Å². The summed E-state index contributed by atoms with van der Waals surface area (Å²) in [5, 5.41) is 4.16. The standard InChI is InChI=1S/C23H24FN3O3S2/c1-16-6-7-17(2)20(14-16)26-9-11-27(12-10-26)32(29,30)21-8-13-31-22(21)23(28)25-19-5-3-4-18(24)15-19/h3-8,13-15H,9-12H2,1-2H3,(H,25,28). The number of benzene rings is 2. The molecule has 0 bridgehead atoms. The second-order valence-electron chi connectivity index (χ2n) is 7.76. The van der Waals surface area contributed by atoms with Gasteiger partial charge in [0.15, 0.2) is 0 Å². The van der Waals surface area contributed by atoms with Crippen LogP contribution >= 0.6 is 11.3 Å². The second-order valence-corrected chi connectivity index (χ2v) is 10.6. The van der Waals surface area contributed by atoms with Crippen molar-refractivity contribution in [2.75, 3.05) is 36.4 Å². The van der Waals surface area contributed by atoms with Crippen LogP contribution in [0, 0.1) is 19.7 Å². The van der Waals surface area contributed by atoms with Gasteiger partial charge in [-0.15, -0.1) is 11.3 Å². The molecule has 32 heavy (non-hydrogen) atoms. The van der Waals surface area contributed by atoms with E-state index in [1.807, 2.05) is 13.8 Å². The number of rotatable bonds is 5. The second kappa shape index (κ2) is 9.01. The van der Waals surface area contributed by atoms with Gasteiger partial charge in [0.2, 0.25) is 10.0 Å². The third kappa shape index (κ3) is 4.55. The Labute approximate surface area is 191 Å². The van der Waals surface area contributed by atoms with Gasteiger partial charge < -0.3 is 10.2 Å². The van der Waals surface area contributed by atoms with Crippen molar-refractivity contribution in [3.63, 3.8) is 0 Å². The molecule has 0 spiro atoms. The molecule has 1 aromatic heterocycles.